The number of aryl methyl sites for hydroxylation is 2. The summed E-state index contributed by atoms with van der Waals surface area (Å²) in [5.74, 6) is 0.182. The van der Waals surface area contributed by atoms with E-state index in [2.05, 4.69) is 32.1 Å². The van der Waals surface area contributed by atoms with Crippen LogP contribution in [-0.4, -0.2) is 32.6 Å². The number of nitrogens with zero attached hydrogens (tertiary/aromatic N) is 3. The van der Waals surface area contributed by atoms with Gasteiger partial charge < -0.3 is 11.5 Å². The second kappa shape index (κ2) is 6.01. The third-order valence-electron chi connectivity index (χ3n) is 4.59. The van der Waals surface area contributed by atoms with Gasteiger partial charge in [0.15, 0.2) is 5.82 Å². The normalized spacial score (nSPS) is 20.6. The lowest BCUT2D eigenvalue weighted by Gasteiger charge is -2.31. The molecule has 0 aliphatic heterocycles. The molecule has 1 amide bonds. The molecule has 0 spiro atoms. The zero-order chi connectivity index (χ0) is 17.6. The fourth-order valence-corrected chi connectivity index (χ4v) is 6.18. The van der Waals surface area contributed by atoms with Gasteiger partial charge in [-0.2, -0.15) is 5.21 Å². The van der Waals surface area contributed by atoms with E-state index in [0.717, 1.165) is 23.3 Å². The highest BCUT2D eigenvalue weighted by atomic mass is 32.1. The van der Waals surface area contributed by atoms with Crippen molar-refractivity contribution < 1.29 is 4.79 Å². The molecular formula is C16H18N6OS2. The van der Waals surface area contributed by atoms with Gasteiger partial charge in [-0.15, -0.1) is 32.9 Å². The molecule has 1 aliphatic rings. The largest absolute Gasteiger partial charge is 0.365 e. The van der Waals surface area contributed by atoms with Crippen LogP contribution in [0.4, 0.5) is 0 Å². The summed E-state index contributed by atoms with van der Waals surface area (Å²) in [5.41, 5.74) is 13.6. The minimum absolute atomic E-state index is 0.0847. The first-order valence-corrected chi connectivity index (χ1v) is 9.71. The molecule has 25 heavy (non-hydrogen) atoms. The molecule has 2 atom stereocenters. The quantitative estimate of drug-likeness (QED) is 0.640. The summed E-state index contributed by atoms with van der Waals surface area (Å²) in [6.45, 7) is 1.97. The van der Waals surface area contributed by atoms with Crippen molar-refractivity contribution in [3.8, 4) is 0 Å². The van der Waals surface area contributed by atoms with Crippen LogP contribution in [0, 0.1) is 0 Å². The van der Waals surface area contributed by atoms with Crippen molar-refractivity contribution in [3.05, 3.63) is 49.1 Å². The predicted molar refractivity (Wildman–Crippen MR) is 96.9 cm³/mol. The lowest BCUT2D eigenvalue weighted by Crippen LogP contribution is -2.36. The number of aromatic nitrogens is 4. The topological polar surface area (TPSA) is 124 Å². The van der Waals surface area contributed by atoms with Crippen LogP contribution in [0.5, 0.6) is 0 Å². The minimum Gasteiger partial charge on any atom is -0.365 e. The Morgan fingerprint density at radius 3 is 2.88 bits per heavy atom. The number of thiophene rings is 2. The summed E-state index contributed by atoms with van der Waals surface area (Å²) >= 11 is 3.11. The van der Waals surface area contributed by atoms with Crippen LogP contribution in [0.1, 0.15) is 49.7 Å². The average molecular weight is 374 g/mol. The molecule has 0 fully saturated rings. The number of nitrogens with one attached hydrogen (secondary N) is 1. The second-order valence-electron chi connectivity index (χ2n) is 6.43. The first-order chi connectivity index (χ1) is 12.0. The zero-order valence-corrected chi connectivity index (χ0v) is 15.3. The molecule has 7 nitrogen and oxygen atoms in total. The Bertz CT molecular complexity index is 913. The summed E-state index contributed by atoms with van der Waals surface area (Å²) in [7, 11) is 0. The van der Waals surface area contributed by atoms with Gasteiger partial charge in [0.05, 0.1) is 4.88 Å². The van der Waals surface area contributed by atoms with Crippen molar-refractivity contribution in [2.75, 3.05) is 0 Å². The van der Waals surface area contributed by atoms with E-state index < -0.39 is 11.3 Å². The van der Waals surface area contributed by atoms with Crippen LogP contribution in [0.2, 0.25) is 0 Å². The fourth-order valence-electron chi connectivity index (χ4n) is 3.68. The van der Waals surface area contributed by atoms with Gasteiger partial charge in [0, 0.05) is 15.8 Å². The molecule has 1 unspecified atom stereocenters. The van der Waals surface area contributed by atoms with Crippen LogP contribution in [-0.2, 0) is 18.3 Å². The van der Waals surface area contributed by atoms with Crippen LogP contribution < -0.4 is 11.5 Å². The van der Waals surface area contributed by atoms with Crippen LogP contribution in [0.3, 0.4) is 0 Å². The number of tetrazole rings is 1. The van der Waals surface area contributed by atoms with Crippen LogP contribution in [0.25, 0.3) is 0 Å². The molecule has 3 heterocycles. The summed E-state index contributed by atoms with van der Waals surface area (Å²) in [4.78, 5) is 14.6. The maximum atomic E-state index is 11.8. The molecular weight excluding hydrogens is 356 g/mol. The van der Waals surface area contributed by atoms with Gasteiger partial charge in [0.2, 0.25) is 0 Å². The van der Waals surface area contributed by atoms with Gasteiger partial charge in [0.1, 0.15) is 5.41 Å². The molecule has 4 rings (SSSR count). The van der Waals surface area contributed by atoms with E-state index in [1.165, 1.54) is 21.8 Å². The van der Waals surface area contributed by atoms with Gasteiger partial charge >= 0.3 is 0 Å². The minimum atomic E-state index is -0.602. The number of amides is 1. The molecule has 130 valence electrons. The van der Waals surface area contributed by atoms with E-state index >= 15 is 0 Å². The Morgan fingerprint density at radius 1 is 1.40 bits per heavy atom. The van der Waals surface area contributed by atoms with Gasteiger partial charge in [-0.3, -0.25) is 4.79 Å². The van der Waals surface area contributed by atoms with Crippen molar-refractivity contribution in [3.63, 3.8) is 0 Å². The van der Waals surface area contributed by atoms with Crippen molar-refractivity contribution in [1.29, 1.82) is 0 Å². The van der Waals surface area contributed by atoms with E-state index in [4.69, 9.17) is 11.5 Å². The molecule has 1 aliphatic carbocycles. The molecule has 0 bridgehead atoms. The highest BCUT2D eigenvalue weighted by Gasteiger charge is 2.47. The van der Waals surface area contributed by atoms with Crippen molar-refractivity contribution >= 4 is 28.6 Å². The number of primary amides is 1. The highest BCUT2D eigenvalue weighted by Crippen LogP contribution is 2.51. The second-order valence-corrected chi connectivity index (χ2v) is 8.39. The molecule has 3 aromatic heterocycles. The van der Waals surface area contributed by atoms with Crippen LogP contribution >= 0.6 is 22.7 Å². The Kier molecular flexibility index (Phi) is 3.94. The Labute approximate surface area is 152 Å². The van der Waals surface area contributed by atoms with Crippen molar-refractivity contribution in [2.24, 2.45) is 11.5 Å². The standard InChI is InChI=1S/C16H18N6OS2/c1-8(17)7-16(15-19-21-22-20-15)12-9(4-5-24-12)2-3-10-6-11(14(18)23)25-13(10)16/h4-6,8H,2-3,7,17H2,1H3,(H2,18,23)(H,19,20,21,22)/t8-,16?/m0/s1. The zero-order valence-electron chi connectivity index (χ0n) is 13.7. The number of carbonyl (C=O) groups excluding carboxylic acids is 1. The smallest absolute Gasteiger partial charge is 0.258 e. The van der Waals surface area contributed by atoms with E-state index in [0.29, 0.717) is 17.1 Å². The molecule has 5 N–H and O–H groups in total. The molecule has 0 saturated carbocycles. The molecule has 0 saturated heterocycles. The van der Waals surface area contributed by atoms with Gasteiger partial charge in [-0.05, 0) is 54.8 Å². The summed E-state index contributed by atoms with van der Waals surface area (Å²) < 4.78 is 0. The van der Waals surface area contributed by atoms with Gasteiger partial charge in [0.25, 0.3) is 5.91 Å². The molecule has 0 radical (unpaired) electrons. The summed E-state index contributed by atoms with van der Waals surface area (Å²) in [5, 5.41) is 17.1. The number of rotatable bonds is 4. The maximum absolute atomic E-state index is 11.8. The number of nitrogens with two attached hydrogens (primary N) is 2. The van der Waals surface area contributed by atoms with Gasteiger partial charge in [-0.25, -0.2) is 0 Å². The first kappa shape index (κ1) is 16.4. The van der Waals surface area contributed by atoms with Crippen molar-refractivity contribution in [1.82, 2.24) is 20.6 Å². The maximum Gasteiger partial charge on any atom is 0.258 e. The third-order valence-corrected chi connectivity index (χ3v) is 7.06. The average Bonchev–Trinajstić information content (AvgIpc) is 3.29. The number of fused-ring (bicyclic) bond motifs is 2. The highest BCUT2D eigenvalue weighted by molar-refractivity contribution is 7.15. The molecule has 9 heteroatoms. The SMILES string of the molecule is C[C@H](N)CC1(c2nn[nH]n2)c2sccc2CCc2cc(C(N)=O)sc21. The van der Waals surface area contributed by atoms with E-state index in [9.17, 15) is 4.79 Å². The van der Waals surface area contributed by atoms with E-state index in [1.54, 1.807) is 11.3 Å². The number of aromatic amines is 1. The number of hydrogen-bond donors (Lipinski definition) is 3. The Balaban J connectivity index is 2.06. The number of hydrogen-bond acceptors (Lipinski definition) is 7. The van der Waals surface area contributed by atoms with E-state index in [1.807, 2.05) is 13.0 Å². The number of carbonyl (C=O) groups is 1. The van der Waals surface area contributed by atoms with Gasteiger partial charge in [-0.1, -0.05) is 5.21 Å². The monoisotopic (exact) mass is 374 g/mol. The Hall–Kier alpha value is -2.10. The summed E-state index contributed by atoms with van der Waals surface area (Å²) in [6.07, 6.45) is 2.38. The fraction of sp³-hybridized carbons (Fsp3) is 0.375. The molecule has 0 aromatic carbocycles. The number of H-pyrrole nitrogens is 1. The predicted octanol–water partition coefficient (Wildman–Crippen LogP) is 1.59. The molecule has 3 aromatic rings. The summed E-state index contributed by atoms with van der Waals surface area (Å²) in [6, 6.07) is 3.98. The first-order valence-electron chi connectivity index (χ1n) is 8.01. The van der Waals surface area contributed by atoms with E-state index in [-0.39, 0.29) is 6.04 Å². The van der Waals surface area contributed by atoms with Crippen LogP contribution in [0.15, 0.2) is 17.5 Å². The lowest BCUT2D eigenvalue weighted by molar-refractivity contribution is 0.100. The Morgan fingerprint density at radius 2 is 2.20 bits per heavy atom. The lowest BCUT2D eigenvalue weighted by atomic mass is 9.76. The third kappa shape index (κ3) is 2.50. The van der Waals surface area contributed by atoms with Crippen molar-refractivity contribution in [2.45, 2.75) is 37.6 Å².